The van der Waals surface area contributed by atoms with Gasteiger partial charge in [-0.05, 0) is 74.2 Å². The minimum absolute atomic E-state index is 0.0182. The number of nitriles is 1. The van der Waals surface area contributed by atoms with Crippen molar-refractivity contribution in [2.24, 2.45) is 5.92 Å². The minimum Gasteiger partial charge on any atom is -0.490 e. The zero-order valence-electron chi connectivity index (χ0n) is 19.0. The van der Waals surface area contributed by atoms with Crippen LogP contribution in [-0.2, 0) is 17.9 Å². The van der Waals surface area contributed by atoms with Crippen molar-refractivity contribution in [3.8, 4) is 17.6 Å². The molecule has 3 rings (SSSR count). The maximum atomic E-state index is 11.7. The van der Waals surface area contributed by atoms with Gasteiger partial charge in [0.15, 0.2) is 0 Å². The van der Waals surface area contributed by atoms with Crippen molar-refractivity contribution in [1.29, 1.82) is 5.26 Å². The fourth-order valence-electron chi connectivity index (χ4n) is 3.86. The minimum atomic E-state index is 0.0182. The Bertz CT molecular complexity index is 965. The molecule has 1 aliphatic rings. The second kappa shape index (κ2) is 9.84. The van der Waals surface area contributed by atoms with Crippen LogP contribution in [0.3, 0.4) is 0 Å². The van der Waals surface area contributed by atoms with Crippen LogP contribution in [0.1, 0.15) is 41.7 Å². The van der Waals surface area contributed by atoms with E-state index in [1.807, 2.05) is 32.0 Å². The smallest absolute Gasteiger partial charge is 0.225 e. The van der Waals surface area contributed by atoms with E-state index in [9.17, 15) is 10.1 Å². The van der Waals surface area contributed by atoms with E-state index < -0.39 is 0 Å². The molecule has 2 aromatic rings. The number of nitrogens with one attached hydrogen (secondary N) is 1. The van der Waals surface area contributed by atoms with Crippen LogP contribution >= 0.6 is 0 Å². The molecule has 6 heteroatoms. The summed E-state index contributed by atoms with van der Waals surface area (Å²) in [6, 6.07) is 11.9. The van der Waals surface area contributed by atoms with Crippen LogP contribution in [0.2, 0.25) is 0 Å². The van der Waals surface area contributed by atoms with Crippen LogP contribution < -0.4 is 14.8 Å². The number of carbonyl (C=O) groups excluding carboxylic acids is 1. The van der Waals surface area contributed by atoms with Gasteiger partial charge in [-0.3, -0.25) is 9.69 Å². The van der Waals surface area contributed by atoms with Gasteiger partial charge in [0, 0.05) is 26.7 Å². The monoisotopic (exact) mass is 421 g/mol. The maximum absolute atomic E-state index is 11.7. The molecule has 0 unspecified atom stereocenters. The lowest BCUT2D eigenvalue weighted by Crippen LogP contribution is -2.52. The summed E-state index contributed by atoms with van der Waals surface area (Å²) in [6.45, 7) is 10.9. The molecule has 0 aliphatic carbocycles. The van der Waals surface area contributed by atoms with Crippen molar-refractivity contribution < 1.29 is 14.3 Å². The molecule has 1 amide bonds. The summed E-state index contributed by atoms with van der Waals surface area (Å²) in [5.41, 5.74) is 5.08. The normalized spacial score (nSPS) is 14.1. The number of carbonyl (C=O) groups is 1. The van der Waals surface area contributed by atoms with Gasteiger partial charge in [-0.25, -0.2) is 0 Å². The molecule has 164 valence electrons. The number of nitrogens with zero attached hydrogens (tertiary/aromatic N) is 2. The first-order valence-corrected chi connectivity index (χ1v) is 10.7. The Labute approximate surface area is 184 Å². The van der Waals surface area contributed by atoms with E-state index in [1.165, 1.54) is 16.7 Å². The highest BCUT2D eigenvalue weighted by Crippen LogP contribution is 2.27. The summed E-state index contributed by atoms with van der Waals surface area (Å²) in [5, 5.41) is 12.1. The molecule has 1 fully saturated rings. The van der Waals surface area contributed by atoms with E-state index in [0.29, 0.717) is 17.9 Å². The molecule has 1 aliphatic heterocycles. The third-order valence-corrected chi connectivity index (χ3v) is 5.56. The van der Waals surface area contributed by atoms with Crippen LogP contribution in [0.25, 0.3) is 0 Å². The molecule has 1 N–H and O–H groups in total. The molecular weight excluding hydrogens is 390 g/mol. The summed E-state index contributed by atoms with van der Waals surface area (Å²) in [5.74, 6) is 1.63. The lowest BCUT2D eigenvalue weighted by molar-refractivity contribution is -0.129. The summed E-state index contributed by atoms with van der Waals surface area (Å²) in [6.07, 6.45) is 0.0182. The van der Waals surface area contributed by atoms with Crippen molar-refractivity contribution in [3.63, 3.8) is 0 Å². The van der Waals surface area contributed by atoms with Gasteiger partial charge in [0.05, 0.1) is 17.6 Å². The highest BCUT2D eigenvalue weighted by Gasteiger charge is 2.32. The van der Waals surface area contributed by atoms with E-state index in [-0.39, 0.29) is 17.9 Å². The Balaban J connectivity index is 1.62. The second-order valence-corrected chi connectivity index (χ2v) is 8.44. The average Bonchev–Trinajstić information content (AvgIpc) is 2.70. The van der Waals surface area contributed by atoms with Crippen molar-refractivity contribution in [1.82, 2.24) is 10.2 Å². The third kappa shape index (κ3) is 5.56. The number of aryl methyl sites for hydroxylation is 2. The first-order valence-electron chi connectivity index (χ1n) is 10.7. The summed E-state index contributed by atoms with van der Waals surface area (Å²) < 4.78 is 11.7. The standard InChI is InChI=1S/C25H31N3O3/c1-16(2)31-24-7-6-19(10-20(24)11-26)15-30-22-8-17(3)23(18(4)9-22)14-28-12-21(13-28)25(29)27-5/h6-10,16,21H,12-15H2,1-5H3,(H,27,29). The molecule has 0 radical (unpaired) electrons. The van der Waals surface area contributed by atoms with Gasteiger partial charge in [-0.2, -0.15) is 5.26 Å². The zero-order valence-corrected chi connectivity index (χ0v) is 19.0. The molecule has 2 aromatic carbocycles. The van der Waals surface area contributed by atoms with E-state index >= 15 is 0 Å². The van der Waals surface area contributed by atoms with Gasteiger partial charge < -0.3 is 14.8 Å². The lowest BCUT2D eigenvalue weighted by atomic mass is 9.95. The topological polar surface area (TPSA) is 74.6 Å². The van der Waals surface area contributed by atoms with E-state index in [0.717, 1.165) is 30.9 Å². The molecule has 6 nitrogen and oxygen atoms in total. The van der Waals surface area contributed by atoms with E-state index in [1.54, 1.807) is 7.05 Å². The van der Waals surface area contributed by atoms with Crippen molar-refractivity contribution in [3.05, 3.63) is 58.1 Å². The molecule has 1 heterocycles. The molecule has 1 saturated heterocycles. The molecule has 31 heavy (non-hydrogen) atoms. The zero-order chi connectivity index (χ0) is 22.5. The Morgan fingerprint density at radius 2 is 1.90 bits per heavy atom. The van der Waals surface area contributed by atoms with Gasteiger partial charge in [-0.1, -0.05) is 6.07 Å². The summed E-state index contributed by atoms with van der Waals surface area (Å²) >= 11 is 0. The molecule has 0 aromatic heterocycles. The van der Waals surface area contributed by atoms with Crippen LogP contribution in [0, 0.1) is 31.1 Å². The lowest BCUT2D eigenvalue weighted by Gasteiger charge is -2.38. The van der Waals surface area contributed by atoms with Crippen molar-refractivity contribution in [2.75, 3.05) is 20.1 Å². The van der Waals surface area contributed by atoms with Gasteiger partial charge in [0.1, 0.15) is 24.2 Å². The Morgan fingerprint density at radius 1 is 1.23 bits per heavy atom. The van der Waals surface area contributed by atoms with Crippen molar-refractivity contribution in [2.45, 2.75) is 47.0 Å². The Kier molecular flexibility index (Phi) is 7.19. The largest absolute Gasteiger partial charge is 0.490 e. The fourth-order valence-corrected chi connectivity index (χ4v) is 3.86. The first-order chi connectivity index (χ1) is 14.8. The predicted molar refractivity (Wildman–Crippen MR) is 120 cm³/mol. The predicted octanol–water partition coefficient (Wildman–Crippen LogP) is 3.72. The number of benzene rings is 2. The fraction of sp³-hybridized carbons (Fsp3) is 0.440. The average molecular weight is 422 g/mol. The van der Waals surface area contributed by atoms with E-state index in [2.05, 4.69) is 42.3 Å². The number of hydrogen-bond acceptors (Lipinski definition) is 5. The van der Waals surface area contributed by atoms with Crippen LogP contribution in [-0.4, -0.2) is 37.0 Å². The molecule has 0 bridgehead atoms. The number of hydrogen-bond donors (Lipinski definition) is 1. The van der Waals surface area contributed by atoms with Crippen molar-refractivity contribution >= 4 is 5.91 Å². The summed E-state index contributed by atoms with van der Waals surface area (Å²) in [7, 11) is 1.69. The molecule has 0 atom stereocenters. The van der Waals surface area contributed by atoms with Gasteiger partial charge in [0.2, 0.25) is 5.91 Å². The summed E-state index contributed by atoms with van der Waals surface area (Å²) in [4.78, 5) is 14.0. The van der Waals surface area contributed by atoms with Gasteiger partial charge in [0.25, 0.3) is 0 Å². The number of rotatable bonds is 8. The van der Waals surface area contributed by atoms with Crippen LogP contribution in [0.5, 0.6) is 11.5 Å². The van der Waals surface area contributed by atoms with Crippen LogP contribution in [0.15, 0.2) is 30.3 Å². The highest BCUT2D eigenvalue weighted by molar-refractivity contribution is 5.79. The van der Waals surface area contributed by atoms with Gasteiger partial charge >= 0.3 is 0 Å². The molecule has 0 spiro atoms. The Morgan fingerprint density at radius 3 is 2.48 bits per heavy atom. The van der Waals surface area contributed by atoms with E-state index in [4.69, 9.17) is 9.47 Å². The number of likely N-dealkylation sites (tertiary alicyclic amines) is 1. The second-order valence-electron chi connectivity index (χ2n) is 8.44. The number of amides is 1. The molecular formula is C25H31N3O3. The maximum Gasteiger partial charge on any atom is 0.225 e. The van der Waals surface area contributed by atoms with Gasteiger partial charge in [-0.15, -0.1) is 0 Å². The SMILES string of the molecule is CNC(=O)C1CN(Cc2c(C)cc(OCc3ccc(OC(C)C)c(C#N)c3)cc2C)C1. The molecule has 0 saturated carbocycles. The first kappa shape index (κ1) is 22.6. The Hall–Kier alpha value is -3.04. The van der Waals surface area contributed by atoms with Crippen LogP contribution in [0.4, 0.5) is 0 Å². The quantitative estimate of drug-likeness (QED) is 0.703. The highest BCUT2D eigenvalue weighted by atomic mass is 16.5. The third-order valence-electron chi connectivity index (χ3n) is 5.56. The number of ether oxygens (including phenoxy) is 2.